The summed E-state index contributed by atoms with van der Waals surface area (Å²) in [6.45, 7) is 0. The van der Waals surface area contributed by atoms with E-state index in [1.807, 2.05) is 0 Å². The molecule has 0 saturated carbocycles. The van der Waals surface area contributed by atoms with Crippen LogP contribution in [0.2, 0.25) is 0 Å². The van der Waals surface area contributed by atoms with Crippen LogP contribution in [0.3, 0.4) is 0 Å². The van der Waals surface area contributed by atoms with Crippen LogP contribution in [0.1, 0.15) is 11.1 Å². The topological polar surface area (TPSA) is 40.5 Å². The molecule has 0 amide bonds. The molecule has 0 bridgehead atoms. The Morgan fingerprint density at radius 1 is 0.917 bits per heavy atom. The van der Waals surface area contributed by atoms with Crippen molar-refractivity contribution in [3.05, 3.63) is 23.3 Å². The molecule has 1 aromatic carbocycles. The molecule has 0 aliphatic rings. The zero-order valence-electron chi connectivity index (χ0n) is 6.36. The molecule has 0 fully saturated rings. The number of hydrogen-bond acceptors (Lipinski definition) is 4. The van der Waals surface area contributed by atoms with Crippen molar-refractivity contribution >= 4 is 25.3 Å². The normalized spacial score (nSPS) is 10.2. The highest BCUT2D eigenvalue weighted by molar-refractivity contribution is 7.79. The Bertz CT molecular complexity index is 258. The third kappa shape index (κ3) is 1.81. The molecule has 0 aliphatic carbocycles. The van der Waals surface area contributed by atoms with Crippen molar-refractivity contribution in [3.8, 4) is 11.5 Å². The fraction of sp³-hybridized carbons (Fsp3) is 0.250. The molecule has 1 rings (SSSR count). The summed E-state index contributed by atoms with van der Waals surface area (Å²) in [5.41, 5.74) is 1.78. The Hall–Kier alpha value is -0.480. The number of thiol groups is 2. The molecule has 0 aromatic heterocycles. The van der Waals surface area contributed by atoms with Crippen LogP contribution in [0.25, 0.3) is 0 Å². The van der Waals surface area contributed by atoms with Gasteiger partial charge in [-0.05, 0) is 23.3 Å². The number of hydrogen-bond donors (Lipinski definition) is 4. The first kappa shape index (κ1) is 9.61. The van der Waals surface area contributed by atoms with Crippen molar-refractivity contribution in [2.24, 2.45) is 0 Å². The Labute approximate surface area is 82.1 Å². The van der Waals surface area contributed by atoms with E-state index < -0.39 is 0 Å². The number of phenolic OH excluding ortho intramolecular Hbond substituents is 2. The summed E-state index contributed by atoms with van der Waals surface area (Å²) in [4.78, 5) is 0. The minimum atomic E-state index is -0.107. The lowest BCUT2D eigenvalue weighted by Crippen LogP contribution is -1.87. The summed E-state index contributed by atoms with van der Waals surface area (Å²) >= 11 is 8.18. The van der Waals surface area contributed by atoms with Gasteiger partial charge in [0.05, 0.1) is 0 Å². The van der Waals surface area contributed by atoms with Crippen LogP contribution >= 0.6 is 25.3 Å². The van der Waals surface area contributed by atoms with Crippen molar-refractivity contribution in [3.63, 3.8) is 0 Å². The molecule has 4 heteroatoms. The number of phenols is 2. The van der Waals surface area contributed by atoms with Gasteiger partial charge in [0.15, 0.2) is 11.5 Å². The number of benzene rings is 1. The second-order valence-electron chi connectivity index (χ2n) is 2.43. The van der Waals surface area contributed by atoms with E-state index >= 15 is 0 Å². The van der Waals surface area contributed by atoms with Gasteiger partial charge in [-0.3, -0.25) is 0 Å². The average Bonchev–Trinajstić information content (AvgIpc) is 2.09. The standard InChI is InChI=1S/C8H10O2S2/c9-7-1-5(3-11)6(4-12)2-8(7)10/h1-2,9-12H,3-4H2. The zero-order chi connectivity index (χ0) is 9.14. The van der Waals surface area contributed by atoms with E-state index in [0.717, 1.165) is 11.1 Å². The van der Waals surface area contributed by atoms with E-state index in [-0.39, 0.29) is 11.5 Å². The van der Waals surface area contributed by atoms with Crippen molar-refractivity contribution in [1.82, 2.24) is 0 Å². The monoisotopic (exact) mass is 202 g/mol. The lowest BCUT2D eigenvalue weighted by Gasteiger charge is -2.06. The van der Waals surface area contributed by atoms with Crippen LogP contribution in [-0.4, -0.2) is 10.2 Å². The van der Waals surface area contributed by atoms with Gasteiger partial charge in [0.2, 0.25) is 0 Å². The zero-order valence-corrected chi connectivity index (χ0v) is 8.15. The van der Waals surface area contributed by atoms with Crippen LogP contribution in [0.15, 0.2) is 12.1 Å². The fourth-order valence-electron chi connectivity index (χ4n) is 0.958. The molecule has 1 aromatic rings. The third-order valence-electron chi connectivity index (χ3n) is 1.64. The van der Waals surface area contributed by atoms with Crippen LogP contribution in [-0.2, 0) is 11.5 Å². The van der Waals surface area contributed by atoms with Gasteiger partial charge in [-0.2, -0.15) is 25.3 Å². The molecular weight excluding hydrogens is 192 g/mol. The molecular formula is C8H10O2S2. The predicted octanol–water partition coefficient (Wildman–Crippen LogP) is 1.96. The summed E-state index contributed by atoms with van der Waals surface area (Å²) in [5, 5.41) is 18.3. The summed E-state index contributed by atoms with van der Waals surface area (Å²) in [6.07, 6.45) is 0. The van der Waals surface area contributed by atoms with Gasteiger partial charge in [-0.1, -0.05) is 0 Å². The predicted molar refractivity (Wildman–Crippen MR) is 55.2 cm³/mol. The molecule has 0 unspecified atom stereocenters. The lowest BCUT2D eigenvalue weighted by atomic mass is 10.1. The molecule has 0 saturated heterocycles. The molecule has 0 radical (unpaired) electrons. The fourth-order valence-corrected chi connectivity index (χ4v) is 1.55. The summed E-state index contributed by atoms with van der Waals surface area (Å²) in [6, 6.07) is 3.02. The Kier molecular flexibility index (Phi) is 3.17. The number of aromatic hydroxyl groups is 2. The second kappa shape index (κ2) is 3.96. The lowest BCUT2D eigenvalue weighted by molar-refractivity contribution is 0.403. The molecule has 2 N–H and O–H groups in total. The average molecular weight is 202 g/mol. The van der Waals surface area contributed by atoms with Gasteiger partial charge in [-0.15, -0.1) is 0 Å². The van der Waals surface area contributed by atoms with Crippen molar-refractivity contribution in [2.75, 3.05) is 0 Å². The molecule has 0 atom stereocenters. The first-order valence-corrected chi connectivity index (χ1v) is 4.71. The van der Waals surface area contributed by atoms with Gasteiger partial charge in [0, 0.05) is 11.5 Å². The maximum Gasteiger partial charge on any atom is 0.157 e. The van der Waals surface area contributed by atoms with E-state index in [9.17, 15) is 0 Å². The van der Waals surface area contributed by atoms with Crippen molar-refractivity contribution in [1.29, 1.82) is 0 Å². The van der Waals surface area contributed by atoms with Gasteiger partial charge in [0.1, 0.15) is 0 Å². The molecule has 0 spiro atoms. The van der Waals surface area contributed by atoms with Gasteiger partial charge >= 0.3 is 0 Å². The maximum absolute atomic E-state index is 9.14. The van der Waals surface area contributed by atoms with Crippen molar-refractivity contribution < 1.29 is 10.2 Å². The van der Waals surface area contributed by atoms with Crippen LogP contribution in [0.5, 0.6) is 11.5 Å². The minimum Gasteiger partial charge on any atom is -0.504 e. The first-order valence-electron chi connectivity index (χ1n) is 3.44. The Balaban J connectivity index is 3.19. The summed E-state index contributed by atoms with van der Waals surface area (Å²) in [5.74, 6) is 0.849. The molecule has 12 heavy (non-hydrogen) atoms. The Morgan fingerprint density at radius 3 is 1.50 bits per heavy atom. The maximum atomic E-state index is 9.14. The number of rotatable bonds is 2. The van der Waals surface area contributed by atoms with Gasteiger partial charge < -0.3 is 10.2 Å². The van der Waals surface area contributed by atoms with E-state index in [1.54, 1.807) is 0 Å². The van der Waals surface area contributed by atoms with Crippen LogP contribution in [0.4, 0.5) is 0 Å². The molecule has 66 valence electrons. The first-order chi connectivity index (χ1) is 5.69. The molecule has 0 heterocycles. The third-order valence-corrected chi connectivity index (χ3v) is 2.32. The molecule has 2 nitrogen and oxygen atoms in total. The summed E-state index contributed by atoms with van der Waals surface area (Å²) < 4.78 is 0. The second-order valence-corrected chi connectivity index (χ2v) is 3.06. The molecule has 0 aliphatic heterocycles. The smallest absolute Gasteiger partial charge is 0.157 e. The van der Waals surface area contributed by atoms with Crippen LogP contribution in [0, 0.1) is 0 Å². The van der Waals surface area contributed by atoms with Gasteiger partial charge in [0.25, 0.3) is 0 Å². The van der Waals surface area contributed by atoms with Gasteiger partial charge in [-0.25, -0.2) is 0 Å². The largest absolute Gasteiger partial charge is 0.504 e. The van der Waals surface area contributed by atoms with E-state index in [2.05, 4.69) is 25.3 Å². The minimum absolute atomic E-state index is 0.107. The summed E-state index contributed by atoms with van der Waals surface area (Å²) in [7, 11) is 0. The van der Waals surface area contributed by atoms with E-state index in [0.29, 0.717) is 11.5 Å². The highest BCUT2D eigenvalue weighted by Gasteiger charge is 2.05. The quantitative estimate of drug-likeness (QED) is 0.437. The van der Waals surface area contributed by atoms with Crippen LogP contribution < -0.4 is 0 Å². The SMILES string of the molecule is Oc1cc(CS)c(CS)cc1O. The highest BCUT2D eigenvalue weighted by Crippen LogP contribution is 2.29. The van der Waals surface area contributed by atoms with E-state index in [4.69, 9.17) is 10.2 Å². The van der Waals surface area contributed by atoms with Crippen molar-refractivity contribution in [2.45, 2.75) is 11.5 Å². The Morgan fingerprint density at radius 2 is 1.25 bits per heavy atom. The van der Waals surface area contributed by atoms with E-state index in [1.165, 1.54) is 12.1 Å². The highest BCUT2D eigenvalue weighted by atomic mass is 32.1.